The largest absolute Gasteiger partial charge is 0.308 e. The summed E-state index contributed by atoms with van der Waals surface area (Å²) in [4.78, 5) is 0. The summed E-state index contributed by atoms with van der Waals surface area (Å²) >= 11 is 6.30. The molecule has 0 aliphatic heterocycles. The van der Waals surface area contributed by atoms with Crippen molar-refractivity contribution in [3.63, 3.8) is 0 Å². The van der Waals surface area contributed by atoms with Crippen molar-refractivity contribution in [2.75, 3.05) is 0 Å². The number of hydrogen-bond donors (Lipinski definition) is 0. The summed E-state index contributed by atoms with van der Waals surface area (Å²) in [7, 11) is 0. The Hall–Kier alpha value is -2.77. The SMILES string of the molecule is Clc1ccc2c3cccc4c5c6ccccc6ccc5n(c2c1)c34. The average Bonchev–Trinajstić information content (AvgIpc) is 3.13. The van der Waals surface area contributed by atoms with Gasteiger partial charge in [0, 0.05) is 26.6 Å². The first kappa shape index (κ1) is 12.6. The van der Waals surface area contributed by atoms with Crippen LogP contribution in [0.25, 0.3) is 48.9 Å². The predicted molar refractivity (Wildman–Crippen MR) is 104 cm³/mol. The highest BCUT2D eigenvalue weighted by atomic mass is 35.5. The van der Waals surface area contributed by atoms with Gasteiger partial charge in [-0.05, 0) is 29.0 Å². The molecule has 24 heavy (non-hydrogen) atoms. The minimum Gasteiger partial charge on any atom is -0.308 e. The van der Waals surface area contributed by atoms with Crippen molar-refractivity contribution in [1.29, 1.82) is 0 Å². The van der Waals surface area contributed by atoms with Crippen LogP contribution in [0.5, 0.6) is 0 Å². The summed E-state index contributed by atoms with van der Waals surface area (Å²) in [6.07, 6.45) is 0. The maximum atomic E-state index is 6.30. The van der Waals surface area contributed by atoms with Crippen LogP contribution < -0.4 is 0 Å². The van der Waals surface area contributed by atoms with E-state index in [-0.39, 0.29) is 0 Å². The first-order valence-corrected chi connectivity index (χ1v) is 8.46. The number of fused-ring (bicyclic) bond motifs is 8. The maximum absolute atomic E-state index is 6.30. The van der Waals surface area contributed by atoms with Gasteiger partial charge in [0.25, 0.3) is 0 Å². The fraction of sp³-hybridized carbons (Fsp3) is 0. The summed E-state index contributed by atoms with van der Waals surface area (Å²) in [5.41, 5.74) is 3.72. The lowest BCUT2D eigenvalue weighted by molar-refractivity contribution is 1.37. The molecule has 0 aliphatic carbocycles. The molecule has 2 heterocycles. The molecule has 0 bridgehead atoms. The first-order chi connectivity index (χ1) is 11.8. The molecule has 0 aliphatic rings. The normalized spacial score (nSPS) is 12.4. The minimum atomic E-state index is 0.775. The molecular weight excluding hydrogens is 314 g/mol. The molecule has 0 atom stereocenters. The minimum absolute atomic E-state index is 0.775. The molecule has 112 valence electrons. The van der Waals surface area contributed by atoms with Gasteiger partial charge in [0.2, 0.25) is 0 Å². The smallest absolute Gasteiger partial charge is 0.0620 e. The summed E-state index contributed by atoms with van der Waals surface area (Å²) in [6, 6.07) is 25.8. The Morgan fingerprint density at radius 3 is 2.42 bits per heavy atom. The summed E-state index contributed by atoms with van der Waals surface area (Å²) < 4.78 is 2.37. The Morgan fingerprint density at radius 1 is 0.625 bits per heavy atom. The maximum Gasteiger partial charge on any atom is 0.0620 e. The van der Waals surface area contributed by atoms with Crippen molar-refractivity contribution in [2.45, 2.75) is 0 Å². The van der Waals surface area contributed by atoms with Gasteiger partial charge in [0.1, 0.15) is 0 Å². The molecule has 4 aromatic carbocycles. The van der Waals surface area contributed by atoms with Crippen molar-refractivity contribution in [1.82, 2.24) is 4.40 Å². The molecule has 2 heteroatoms. The molecule has 0 spiro atoms. The third-order valence-electron chi connectivity index (χ3n) is 5.17. The molecule has 0 radical (unpaired) electrons. The molecule has 2 aromatic heterocycles. The van der Waals surface area contributed by atoms with Gasteiger partial charge in [-0.25, -0.2) is 0 Å². The number of halogens is 1. The molecule has 0 fully saturated rings. The van der Waals surface area contributed by atoms with Crippen molar-refractivity contribution in [3.8, 4) is 0 Å². The van der Waals surface area contributed by atoms with Gasteiger partial charge in [0.05, 0.1) is 16.6 Å². The first-order valence-electron chi connectivity index (χ1n) is 8.08. The Balaban J connectivity index is 2.05. The number of aromatic nitrogens is 1. The highest BCUT2D eigenvalue weighted by molar-refractivity contribution is 6.33. The van der Waals surface area contributed by atoms with Gasteiger partial charge in [-0.3, -0.25) is 0 Å². The number of hydrogen-bond acceptors (Lipinski definition) is 0. The fourth-order valence-electron chi connectivity index (χ4n) is 4.22. The third kappa shape index (κ3) is 1.37. The predicted octanol–water partition coefficient (Wildman–Crippen LogP) is 6.64. The van der Waals surface area contributed by atoms with Crippen molar-refractivity contribution >= 4 is 60.5 Å². The van der Waals surface area contributed by atoms with Gasteiger partial charge in [-0.15, -0.1) is 0 Å². The lowest BCUT2D eigenvalue weighted by atomic mass is 10.0. The summed E-state index contributed by atoms with van der Waals surface area (Å²) in [5, 5.41) is 8.55. The topological polar surface area (TPSA) is 4.41 Å². The van der Waals surface area contributed by atoms with Crippen molar-refractivity contribution in [3.05, 3.63) is 77.8 Å². The zero-order valence-corrected chi connectivity index (χ0v) is 13.5. The van der Waals surface area contributed by atoms with Crippen LogP contribution in [0.4, 0.5) is 0 Å². The average molecular weight is 326 g/mol. The van der Waals surface area contributed by atoms with Gasteiger partial charge >= 0.3 is 0 Å². The Bertz CT molecular complexity index is 1410. The van der Waals surface area contributed by atoms with E-state index in [9.17, 15) is 0 Å². The zero-order chi connectivity index (χ0) is 15.8. The van der Waals surface area contributed by atoms with Crippen LogP contribution in [0, 0.1) is 0 Å². The van der Waals surface area contributed by atoms with E-state index in [4.69, 9.17) is 11.6 Å². The zero-order valence-electron chi connectivity index (χ0n) is 12.8. The monoisotopic (exact) mass is 325 g/mol. The molecule has 0 unspecified atom stereocenters. The van der Waals surface area contributed by atoms with Crippen LogP contribution >= 0.6 is 11.6 Å². The van der Waals surface area contributed by atoms with E-state index < -0.39 is 0 Å². The molecule has 0 saturated heterocycles. The Labute approximate surface area is 143 Å². The Kier molecular flexibility index (Phi) is 2.21. The molecule has 0 amide bonds. The standard InChI is InChI=1S/C22H12ClN/c23-14-9-10-16-17-6-3-7-18-21-15-5-2-1-4-13(15)8-11-19(21)24(22(17)18)20(16)12-14/h1-12H. The van der Waals surface area contributed by atoms with Gasteiger partial charge in [-0.1, -0.05) is 66.2 Å². The number of nitrogens with zero attached hydrogens (tertiary/aromatic N) is 1. The molecule has 0 N–H and O–H groups in total. The van der Waals surface area contributed by atoms with Crippen LogP contribution in [0.2, 0.25) is 5.02 Å². The lowest BCUT2D eigenvalue weighted by Crippen LogP contribution is -1.81. The quantitative estimate of drug-likeness (QED) is 0.295. The van der Waals surface area contributed by atoms with E-state index in [2.05, 4.69) is 71.1 Å². The van der Waals surface area contributed by atoms with E-state index in [0.717, 1.165) is 5.02 Å². The van der Waals surface area contributed by atoms with Gasteiger partial charge in [0.15, 0.2) is 0 Å². The molecule has 0 saturated carbocycles. The van der Waals surface area contributed by atoms with Crippen molar-refractivity contribution < 1.29 is 0 Å². The van der Waals surface area contributed by atoms with E-state index in [0.29, 0.717) is 0 Å². The second kappa shape index (κ2) is 4.19. The second-order valence-corrected chi connectivity index (χ2v) is 6.82. The molecular formula is C22H12ClN. The highest BCUT2D eigenvalue weighted by Crippen LogP contribution is 2.41. The van der Waals surface area contributed by atoms with Gasteiger partial charge < -0.3 is 4.40 Å². The number of benzene rings is 4. The van der Waals surface area contributed by atoms with E-state index in [1.54, 1.807) is 0 Å². The van der Waals surface area contributed by atoms with Crippen molar-refractivity contribution in [2.24, 2.45) is 0 Å². The Morgan fingerprint density at radius 2 is 1.46 bits per heavy atom. The van der Waals surface area contributed by atoms with Crippen LogP contribution in [-0.2, 0) is 0 Å². The lowest BCUT2D eigenvalue weighted by Gasteiger charge is -2.02. The van der Waals surface area contributed by atoms with Crippen LogP contribution in [0.1, 0.15) is 0 Å². The van der Waals surface area contributed by atoms with Crippen LogP contribution in [-0.4, -0.2) is 4.40 Å². The summed E-state index contributed by atoms with van der Waals surface area (Å²) in [6.45, 7) is 0. The van der Waals surface area contributed by atoms with E-state index in [1.165, 1.54) is 48.9 Å². The van der Waals surface area contributed by atoms with E-state index in [1.807, 2.05) is 6.07 Å². The van der Waals surface area contributed by atoms with Gasteiger partial charge in [-0.2, -0.15) is 0 Å². The number of rotatable bonds is 0. The molecule has 6 aromatic rings. The second-order valence-electron chi connectivity index (χ2n) is 6.38. The summed E-state index contributed by atoms with van der Waals surface area (Å²) in [5.74, 6) is 0. The fourth-order valence-corrected chi connectivity index (χ4v) is 4.39. The van der Waals surface area contributed by atoms with E-state index >= 15 is 0 Å². The molecule has 1 nitrogen and oxygen atoms in total. The number of para-hydroxylation sites is 1. The third-order valence-corrected chi connectivity index (χ3v) is 5.40. The molecule has 6 rings (SSSR count). The van der Waals surface area contributed by atoms with Crippen LogP contribution in [0.3, 0.4) is 0 Å². The highest BCUT2D eigenvalue weighted by Gasteiger charge is 2.18. The van der Waals surface area contributed by atoms with Crippen LogP contribution in [0.15, 0.2) is 72.8 Å².